The number of nitrogens with zero attached hydrogens (tertiary/aromatic N) is 1. The molecule has 0 unspecified atom stereocenters. The van der Waals surface area contributed by atoms with Crippen molar-refractivity contribution in [1.29, 1.82) is 0 Å². The van der Waals surface area contributed by atoms with Gasteiger partial charge in [0.25, 0.3) is 0 Å². The Bertz CT molecular complexity index is 733. The zero-order valence-electron chi connectivity index (χ0n) is 13.6. The Morgan fingerprint density at radius 3 is 2.74 bits per heavy atom. The van der Waals surface area contributed by atoms with Gasteiger partial charge in [0.15, 0.2) is 0 Å². The third kappa shape index (κ3) is 4.22. The van der Waals surface area contributed by atoms with Gasteiger partial charge in [-0.3, -0.25) is 4.90 Å². The zero-order valence-corrected chi connectivity index (χ0v) is 15.2. The molecule has 0 amide bonds. The quantitative estimate of drug-likeness (QED) is 0.826. The lowest BCUT2D eigenvalue weighted by Crippen LogP contribution is -2.44. The minimum Gasteiger partial charge on any atom is -0.423 e. The topological polar surface area (TPSA) is 45.5 Å². The van der Waals surface area contributed by atoms with E-state index in [0.717, 1.165) is 47.9 Å². The Labute approximate surface area is 145 Å². The van der Waals surface area contributed by atoms with Crippen LogP contribution in [-0.2, 0) is 6.54 Å². The summed E-state index contributed by atoms with van der Waals surface area (Å²) in [7, 11) is 0. The fourth-order valence-electron chi connectivity index (χ4n) is 3.30. The standard InChI is InChI=1S/C18H23BrN2O2/c1-12(2)20-15-5-7-21(8-6-15)11-13-9-18(22)23-17-10-14(19)3-4-16(13)17/h3-4,9-10,12,15,20H,5-8,11H2,1-2H3. The van der Waals surface area contributed by atoms with Gasteiger partial charge in [-0.2, -0.15) is 0 Å². The van der Waals surface area contributed by atoms with Gasteiger partial charge in [-0.15, -0.1) is 0 Å². The first-order chi connectivity index (χ1) is 11.0. The third-order valence-electron chi connectivity index (χ3n) is 4.34. The van der Waals surface area contributed by atoms with Crippen molar-refractivity contribution < 1.29 is 4.42 Å². The van der Waals surface area contributed by atoms with Gasteiger partial charge in [-0.1, -0.05) is 29.8 Å². The van der Waals surface area contributed by atoms with Crippen molar-refractivity contribution in [1.82, 2.24) is 10.2 Å². The van der Waals surface area contributed by atoms with E-state index >= 15 is 0 Å². The van der Waals surface area contributed by atoms with Crippen LogP contribution in [0.2, 0.25) is 0 Å². The number of piperidine rings is 1. The molecule has 4 nitrogen and oxygen atoms in total. The van der Waals surface area contributed by atoms with Crippen molar-refractivity contribution in [3.05, 3.63) is 44.7 Å². The minimum absolute atomic E-state index is 0.276. The van der Waals surface area contributed by atoms with Gasteiger partial charge in [0, 0.05) is 34.6 Å². The normalized spacial score (nSPS) is 17.2. The first kappa shape index (κ1) is 16.7. The summed E-state index contributed by atoms with van der Waals surface area (Å²) in [5.74, 6) is 0. The zero-order chi connectivity index (χ0) is 16.4. The summed E-state index contributed by atoms with van der Waals surface area (Å²) < 4.78 is 6.24. The predicted molar refractivity (Wildman–Crippen MR) is 96.8 cm³/mol. The molecule has 124 valence electrons. The molecular weight excluding hydrogens is 356 g/mol. The number of likely N-dealkylation sites (tertiary alicyclic amines) is 1. The van der Waals surface area contributed by atoms with Crippen LogP contribution in [0.5, 0.6) is 0 Å². The van der Waals surface area contributed by atoms with E-state index in [1.807, 2.05) is 18.2 Å². The minimum atomic E-state index is -0.276. The second kappa shape index (κ2) is 7.16. The smallest absolute Gasteiger partial charge is 0.336 e. The fraction of sp³-hybridized carbons (Fsp3) is 0.500. The van der Waals surface area contributed by atoms with E-state index in [0.29, 0.717) is 17.7 Å². The number of benzene rings is 1. The molecule has 0 bridgehead atoms. The highest BCUT2D eigenvalue weighted by atomic mass is 79.9. The molecule has 0 radical (unpaired) electrons. The molecule has 2 heterocycles. The van der Waals surface area contributed by atoms with E-state index in [-0.39, 0.29) is 5.63 Å². The van der Waals surface area contributed by atoms with Crippen LogP contribution in [-0.4, -0.2) is 30.1 Å². The fourth-order valence-corrected chi connectivity index (χ4v) is 3.64. The number of halogens is 1. The first-order valence-electron chi connectivity index (χ1n) is 8.22. The Balaban J connectivity index is 1.74. The SMILES string of the molecule is CC(C)NC1CCN(Cc2cc(=O)oc3cc(Br)ccc23)CC1. The molecule has 0 aliphatic carbocycles. The highest BCUT2D eigenvalue weighted by Crippen LogP contribution is 2.23. The Morgan fingerprint density at radius 1 is 1.30 bits per heavy atom. The lowest BCUT2D eigenvalue weighted by molar-refractivity contribution is 0.187. The number of fused-ring (bicyclic) bond motifs is 1. The average molecular weight is 379 g/mol. The van der Waals surface area contributed by atoms with Gasteiger partial charge in [-0.25, -0.2) is 4.79 Å². The second-order valence-electron chi connectivity index (χ2n) is 6.60. The van der Waals surface area contributed by atoms with Gasteiger partial charge in [0.2, 0.25) is 0 Å². The molecule has 3 rings (SSSR count). The molecule has 1 fully saturated rings. The van der Waals surface area contributed by atoms with Gasteiger partial charge in [0.1, 0.15) is 5.58 Å². The number of hydrogen-bond donors (Lipinski definition) is 1. The summed E-state index contributed by atoms with van der Waals surface area (Å²) in [6.45, 7) is 7.31. The molecule has 1 saturated heterocycles. The van der Waals surface area contributed by atoms with Crippen LogP contribution in [0, 0.1) is 0 Å². The largest absolute Gasteiger partial charge is 0.423 e. The number of hydrogen-bond acceptors (Lipinski definition) is 4. The van der Waals surface area contributed by atoms with E-state index in [1.165, 1.54) is 0 Å². The maximum atomic E-state index is 11.8. The lowest BCUT2D eigenvalue weighted by Gasteiger charge is -2.33. The summed E-state index contributed by atoms with van der Waals surface area (Å²) in [4.78, 5) is 14.2. The van der Waals surface area contributed by atoms with Crippen LogP contribution in [0.25, 0.3) is 11.0 Å². The van der Waals surface area contributed by atoms with Gasteiger partial charge in [0.05, 0.1) is 0 Å². The molecule has 0 spiro atoms. The highest BCUT2D eigenvalue weighted by molar-refractivity contribution is 9.10. The van der Waals surface area contributed by atoms with E-state index in [1.54, 1.807) is 6.07 Å². The summed E-state index contributed by atoms with van der Waals surface area (Å²) in [5.41, 5.74) is 1.43. The molecule has 1 aliphatic heterocycles. The maximum Gasteiger partial charge on any atom is 0.336 e. The van der Waals surface area contributed by atoms with Crippen LogP contribution in [0.3, 0.4) is 0 Å². The molecule has 5 heteroatoms. The van der Waals surface area contributed by atoms with E-state index in [4.69, 9.17) is 4.42 Å². The molecule has 1 aliphatic rings. The molecule has 1 N–H and O–H groups in total. The van der Waals surface area contributed by atoms with Crippen LogP contribution < -0.4 is 10.9 Å². The summed E-state index contributed by atoms with van der Waals surface area (Å²) in [6.07, 6.45) is 2.31. The van der Waals surface area contributed by atoms with Gasteiger partial charge < -0.3 is 9.73 Å². The van der Waals surface area contributed by atoms with E-state index < -0.39 is 0 Å². The molecule has 0 saturated carbocycles. The molecular formula is C18H23BrN2O2. The van der Waals surface area contributed by atoms with Crippen LogP contribution in [0.15, 0.2) is 37.9 Å². The molecule has 2 aromatic rings. The third-order valence-corrected chi connectivity index (χ3v) is 4.84. The summed E-state index contributed by atoms with van der Waals surface area (Å²) in [6, 6.07) is 8.65. The van der Waals surface area contributed by atoms with Crippen LogP contribution in [0.1, 0.15) is 32.3 Å². The molecule has 1 aromatic carbocycles. The van der Waals surface area contributed by atoms with Crippen molar-refractivity contribution in [2.24, 2.45) is 0 Å². The maximum absolute atomic E-state index is 11.8. The lowest BCUT2D eigenvalue weighted by atomic mass is 10.0. The Morgan fingerprint density at radius 2 is 2.04 bits per heavy atom. The van der Waals surface area contributed by atoms with Crippen molar-refractivity contribution in [3.8, 4) is 0 Å². The molecule has 1 aromatic heterocycles. The first-order valence-corrected chi connectivity index (χ1v) is 9.01. The van der Waals surface area contributed by atoms with Gasteiger partial charge in [-0.05, 0) is 49.7 Å². The molecule has 23 heavy (non-hydrogen) atoms. The summed E-state index contributed by atoms with van der Waals surface area (Å²) in [5, 5.41) is 4.64. The number of rotatable bonds is 4. The van der Waals surface area contributed by atoms with Gasteiger partial charge >= 0.3 is 5.63 Å². The van der Waals surface area contributed by atoms with Crippen molar-refractivity contribution in [2.75, 3.05) is 13.1 Å². The van der Waals surface area contributed by atoms with Crippen LogP contribution >= 0.6 is 15.9 Å². The Hall–Kier alpha value is -1.17. The predicted octanol–water partition coefficient (Wildman–Crippen LogP) is 3.52. The molecule has 0 atom stereocenters. The monoisotopic (exact) mass is 378 g/mol. The number of nitrogens with one attached hydrogen (secondary N) is 1. The highest BCUT2D eigenvalue weighted by Gasteiger charge is 2.20. The van der Waals surface area contributed by atoms with Crippen LogP contribution in [0.4, 0.5) is 0 Å². The second-order valence-corrected chi connectivity index (χ2v) is 7.52. The van der Waals surface area contributed by atoms with Crippen molar-refractivity contribution in [2.45, 2.75) is 45.3 Å². The summed E-state index contributed by atoms with van der Waals surface area (Å²) >= 11 is 3.43. The average Bonchev–Trinajstić information content (AvgIpc) is 2.48. The Kier molecular flexibility index (Phi) is 5.19. The van der Waals surface area contributed by atoms with E-state index in [2.05, 4.69) is 40.0 Å². The van der Waals surface area contributed by atoms with E-state index in [9.17, 15) is 4.79 Å². The van der Waals surface area contributed by atoms with Crippen molar-refractivity contribution >= 4 is 26.9 Å². The van der Waals surface area contributed by atoms with Crippen molar-refractivity contribution in [3.63, 3.8) is 0 Å².